The Kier molecular flexibility index (Phi) is 6.45. The quantitative estimate of drug-likeness (QED) is 0.320. The molecule has 0 spiro atoms. The number of amides is 1. The van der Waals surface area contributed by atoms with E-state index in [-0.39, 0.29) is 17.6 Å². The van der Waals surface area contributed by atoms with E-state index < -0.39 is 0 Å². The highest BCUT2D eigenvalue weighted by atomic mass is 35.5. The molecule has 1 saturated carbocycles. The van der Waals surface area contributed by atoms with Gasteiger partial charge in [-0.3, -0.25) is 23.9 Å². The molecule has 1 amide bonds. The molecule has 0 saturated heterocycles. The molecule has 1 aliphatic rings. The molecule has 0 radical (unpaired) electrons. The highest BCUT2D eigenvalue weighted by Gasteiger charge is 2.26. The lowest BCUT2D eigenvalue weighted by molar-refractivity contribution is 0.0919. The highest BCUT2D eigenvalue weighted by Crippen LogP contribution is 2.29. The van der Waals surface area contributed by atoms with Gasteiger partial charge in [-0.15, -0.1) is 0 Å². The summed E-state index contributed by atoms with van der Waals surface area (Å²) in [6, 6.07) is 19.6. The maximum Gasteiger partial charge on any atom is 0.333 e. The van der Waals surface area contributed by atoms with Crippen LogP contribution in [0.5, 0.6) is 0 Å². The molecule has 0 unspecified atom stereocenters. The van der Waals surface area contributed by atoms with Gasteiger partial charge in [0.25, 0.3) is 5.91 Å². The van der Waals surface area contributed by atoms with E-state index in [4.69, 9.17) is 11.6 Å². The number of pyridine rings is 2. The van der Waals surface area contributed by atoms with Crippen LogP contribution in [0.25, 0.3) is 27.6 Å². The number of aryl methyl sites for hydroxylation is 1. The van der Waals surface area contributed by atoms with Crippen molar-refractivity contribution in [2.75, 3.05) is 0 Å². The van der Waals surface area contributed by atoms with E-state index in [0.29, 0.717) is 28.7 Å². The van der Waals surface area contributed by atoms with E-state index in [9.17, 15) is 9.59 Å². The summed E-state index contributed by atoms with van der Waals surface area (Å²) >= 11 is 6.05. The lowest BCUT2D eigenvalue weighted by Crippen LogP contribution is -2.39. The van der Waals surface area contributed by atoms with Crippen molar-refractivity contribution in [1.29, 1.82) is 0 Å². The topological polar surface area (TPSA) is 81.8 Å². The van der Waals surface area contributed by atoms with Crippen LogP contribution in [0.4, 0.5) is 0 Å². The van der Waals surface area contributed by atoms with Crippen LogP contribution in [-0.4, -0.2) is 31.1 Å². The van der Waals surface area contributed by atoms with Gasteiger partial charge in [0.15, 0.2) is 0 Å². The van der Waals surface area contributed by atoms with Gasteiger partial charge in [0.05, 0.1) is 38.5 Å². The van der Waals surface area contributed by atoms with Gasteiger partial charge in [0.1, 0.15) is 0 Å². The average Bonchev–Trinajstić information content (AvgIpc) is 3.21. The Morgan fingerprint density at radius 3 is 2.58 bits per heavy atom. The minimum Gasteiger partial charge on any atom is -0.349 e. The number of carbonyl (C=O) groups is 1. The first-order valence-corrected chi connectivity index (χ1v) is 13.3. The third kappa shape index (κ3) is 4.47. The van der Waals surface area contributed by atoms with E-state index >= 15 is 0 Å². The molecular formula is C30H28ClN5O2. The molecule has 1 N–H and O–H groups in total. The van der Waals surface area contributed by atoms with Crippen molar-refractivity contribution < 1.29 is 4.79 Å². The Morgan fingerprint density at radius 1 is 1.00 bits per heavy atom. The first kappa shape index (κ1) is 24.4. The van der Waals surface area contributed by atoms with Crippen molar-refractivity contribution in [2.45, 2.75) is 45.2 Å². The lowest BCUT2D eigenvalue weighted by Gasteiger charge is -2.29. The molecule has 1 aliphatic carbocycles. The Balaban J connectivity index is 1.23. The number of nitrogens with zero attached hydrogens (tertiary/aromatic N) is 4. The summed E-state index contributed by atoms with van der Waals surface area (Å²) < 4.78 is 3.69. The fraction of sp³-hybridized carbons (Fsp3) is 0.267. The molecule has 2 aromatic carbocycles. The van der Waals surface area contributed by atoms with Gasteiger partial charge in [-0.05, 0) is 68.9 Å². The van der Waals surface area contributed by atoms with Crippen molar-refractivity contribution in [3.8, 4) is 5.69 Å². The maximum absolute atomic E-state index is 13.9. The number of nitrogens with one attached hydrogen (secondary N) is 1. The van der Waals surface area contributed by atoms with Gasteiger partial charge < -0.3 is 5.32 Å². The second-order valence-corrected chi connectivity index (χ2v) is 10.5. The summed E-state index contributed by atoms with van der Waals surface area (Å²) in [5, 5.41) is 4.60. The Bertz CT molecular complexity index is 1710. The van der Waals surface area contributed by atoms with Crippen LogP contribution in [-0.2, 0) is 6.54 Å². The molecule has 192 valence electrons. The molecule has 8 heteroatoms. The van der Waals surface area contributed by atoms with Crippen molar-refractivity contribution in [3.05, 3.63) is 99.8 Å². The SMILES string of the molecule is Cc1ncc(Cl)cc1C(=O)N[C@H]1CC[C@H](Cn2c(=O)n(-c3cccc4cccnc34)c3ccccc32)CC1. The number of hydrogen-bond donors (Lipinski definition) is 1. The predicted octanol–water partition coefficient (Wildman–Crippen LogP) is 5.69. The molecule has 0 bridgehead atoms. The number of aromatic nitrogens is 4. The van der Waals surface area contributed by atoms with E-state index in [1.807, 2.05) is 66.1 Å². The Hall–Kier alpha value is -3.97. The van der Waals surface area contributed by atoms with Crippen LogP contribution in [0, 0.1) is 12.8 Å². The number of imidazole rings is 1. The zero-order valence-electron chi connectivity index (χ0n) is 21.1. The predicted molar refractivity (Wildman–Crippen MR) is 150 cm³/mol. The highest BCUT2D eigenvalue weighted by molar-refractivity contribution is 6.30. The number of rotatable bonds is 5. The first-order chi connectivity index (χ1) is 18.5. The Labute approximate surface area is 225 Å². The van der Waals surface area contributed by atoms with Gasteiger partial charge >= 0.3 is 5.69 Å². The van der Waals surface area contributed by atoms with Gasteiger partial charge in [-0.25, -0.2) is 4.79 Å². The molecule has 6 rings (SSSR count). The second kappa shape index (κ2) is 10.1. The fourth-order valence-electron chi connectivity index (χ4n) is 5.63. The van der Waals surface area contributed by atoms with E-state index in [1.165, 1.54) is 0 Å². The molecule has 0 atom stereocenters. The van der Waals surface area contributed by atoms with E-state index in [0.717, 1.165) is 53.3 Å². The normalized spacial score (nSPS) is 17.6. The molecule has 0 aliphatic heterocycles. The zero-order chi connectivity index (χ0) is 26.2. The van der Waals surface area contributed by atoms with Gasteiger partial charge in [0, 0.05) is 30.4 Å². The van der Waals surface area contributed by atoms with Crippen molar-refractivity contribution in [2.24, 2.45) is 5.92 Å². The zero-order valence-corrected chi connectivity index (χ0v) is 21.9. The molecule has 3 heterocycles. The van der Waals surface area contributed by atoms with Gasteiger partial charge in [-0.1, -0.05) is 41.9 Å². The first-order valence-electron chi connectivity index (χ1n) is 13.0. The largest absolute Gasteiger partial charge is 0.349 e. The van der Waals surface area contributed by atoms with Crippen LogP contribution in [0.3, 0.4) is 0 Å². The van der Waals surface area contributed by atoms with Gasteiger partial charge in [-0.2, -0.15) is 0 Å². The fourth-order valence-corrected chi connectivity index (χ4v) is 5.79. The monoisotopic (exact) mass is 525 g/mol. The molecule has 5 aromatic rings. The summed E-state index contributed by atoms with van der Waals surface area (Å²) in [4.78, 5) is 35.4. The van der Waals surface area contributed by atoms with Gasteiger partial charge in [0.2, 0.25) is 0 Å². The van der Waals surface area contributed by atoms with Crippen LogP contribution in [0.1, 0.15) is 41.7 Å². The summed E-state index contributed by atoms with van der Waals surface area (Å²) in [7, 11) is 0. The molecule has 1 fully saturated rings. The number of halogens is 1. The van der Waals surface area contributed by atoms with Crippen LogP contribution in [0.15, 0.2) is 77.9 Å². The molecule has 38 heavy (non-hydrogen) atoms. The van der Waals surface area contributed by atoms with E-state index in [1.54, 1.807) is 23.0 Å². The third-order valence-electron chi connectivity index (χ3n) is 7.61. The summed E-state index contributed by atoms with van der Waals surface area (Å²) in [6.07, 6.45) is 6.90. The maximum atomic E-state index is 13.9. The average molecular weight is 526 g/mol. The molecule has 3 aromatic heterocycles. The van der Waals surface area contributed by atoms with Crippen molar-refractivity contribution in [1.82, 2.24) is 24.4 Å². The number of hydrogen-bond acceptors (Lipinski definition) is 4. The molecular weight excluding hydrogens is 498 g/mol. The smallest absolute Gasteiger partial charge is 0.333 e. The number of fused-ring (bicyclic) bond motifs is 2. The minimum absolute atomic E-state index is 0.0521. The number of carbonyl (C=O) groups excluding carboxylic acids is 1. The number of para-hydroxylation sites is 3. The summed E-state index contributed by atoms with van der Waals surface area (Å²) in [5.74, 6) is 0.212. The summed E-state index contributed by atoms with van der Waals surface area (Å²) in [6.45, 7) is 2.45. The Morgan fingerprint density at radius 2 is 1.76 bits per heavy atom. The standard InChI is InChI=1S/C30H28ClN5O2/c1-19-24(16-22(31)17-33-19)29(37)34-23-13-11-20(12-14-23)18-35-25-8-2-3-9-26(25)36(30(35)38)27-10-4-6-21-7-5-15-32-28(21)27/h2-10,15-17,20,23H,11-14,18H2,1H3,(H,34,37)/t20-,23-. The van der Waals surface area contributed by atoms with Crippen LogP contribution >= 0.6 is 11.6 Å². The van der Waals surface area contributed by atoms with Crippen molar-refractivity contribution in [3.63, 3.8) is 0 Å². The van der Waals surface area contributed by atoms with E-state index in [2.05, 4.69) is 15.3 Å². The lowest BCUT2D eigenvalue weighted by atomic mass is 9.85. The van der Waals surface area contributed by atoms with Crippen LogP contribution in [0.2, 0.25) is 5.02 Å². The minimum atomic E-state index is -0.135. The third-order valence-corrected chi connectivity index (χ3v) is 7.82. The molecule has 7 nitrogen and oxygen atoms in total. The number of benzene rings is 2. The van der Waals surface area contributed by atoms with Crippen LogP contribution < -0.4 is 11.0 Å². The summed E-state index contributed by atoms with van der Waals surface area (Å²) in [5.41, 5.74) is 4.52. The van der Waals surface area contributed by atoms with Crippen molar-refractivity contribution >= 4 is 39.4 Å². The second-order valence-electron chi connectivity index (χ2n) is 10.0.